The van der Waals surface area contributed by atoms with Crippen LogP contribution < -0.4 is 0 Å². The van der Waals surface area contributed by atoms with Gasteiger partial charge in [-0.15, -0.1) is 0 Å². The molecule has 0 radical (unpaired) electrons. The van der Waals surface area contributed by atoms with E-state index in [2.05, 4.69) is 25.7 Å². The van der Waals surface area contributed by atoms with Gasteiger partial charge in [0.05, 0.1) is 0 Å². The fourth-order valence-electron chi connectivity index (χ4n) is 3.69. The maximum atomic E-state index is 2.78. The first-order valence-electron chi connectivity index (χ1n) is 5.99. The molecule has 2 saturated heterocycles. The van der Waals surface area contributed by atoms with Crippen molar-refractivity contribution in [3.05, 3.63) is 0 Å². The van der Waals surface area contributed by atoms with E-state index in [1.165, 1.54) is 32.2 Å². The van der Waals surface area contributed by atoms with Crippen LogP contribution in [0.1, 0.15) is 46.5 Å². The van der Waals surface area contributed by atoms with Crippen LogP contribution in [0.15, 0.2) is 0 Å². The summed E-state index contributed by atoms with van der Waals surface area (Å²) in [6.07, 6.45) is 5.96. The van der Waals surface area contributed by atoms with E-state index in [4.69, 9.17) is 0 Å². The highest BCUT2D eigenvalue weighted by atomic mass is 15.2. The van der Waals surface area contributed by atoms with E-state index in [0.717, 1.165) is 23.9 Å². The van der Waals surface area contributed by atoms with E-state index < -0.39 is 0 Å². The summed E-state index contributed by atoms with van der Waals surface area (Å²) in [5, 5.41) is 0. The third-order valence-corrected chi connectivity index (χ3v) is 4.12. The first-order valence-corrected chi connectivity index (χ1v) is 5.99. The molecule has 76 valence electrons. The van der Waals surface area contributed by atoms with E-state index in [1.807, 2.05) is 0 Å². The van der Waals surface area contributed by atoms with Gasteiger partial charge in [-0.25, -0.2) is 0 Å². The van der Waals surface area contributed by atoms with Crippen LogP contribution in [0.4, 0.5) is 0 Å². The fraction of sp³-hybridized carbons (Fsp3) is 1.00. The Labute approximate surface area is 82.5 Å². The molecule has 1 saturated carbocycles. The minimum absolute atomic E-state index is 0.855. The van der Waals surface area contributed by atoms with Crippen molar-refractivity contribution < 1.29 is 0 Å². The zero-order valence-corrected chi connectivity index (χ0v) is 9.29. The molecule has 13 heavy (non-hydrogen) atoms. The smallest absolute Gasteiger partial charge is 0.0149 e. The zero-order valence-electron chi connectivity index (χ0n) is 9.29. The van der Waals surface area contributed by atoms with Crippen LogP contribution in [0.25, 0.3) is 0 Å². The van der Waals surface area contributed by atoms with Gasteiger partial charge in [-0.1, -0.05) is 20.8 Å². The molecule has 3 fully saturated rings. The number of hydrogen-bond donors (Lipinski definition) is 0. The van der Waals surface area contributed by atoms with Gasteiger partial charge in [-0.3, -0.25) is 4.90 Å². The molecule has 0 N–H and O–H groups in total. The van der Waals surface area contributed by atoms with Gasteiger partial charge in [0, 0.05) is 12.1 Å². The second-order valence-electron chi connectivity index (χ2n) is 5.13. The highest BCUT2D eigenvalue weighted by molar-refractivity contribution is 4.96. The first-order chi connectivity index (χ1) is 6.24. The summed E-state index contributed by atoms with van der Waals surface area (Å²) in [6, 6.07) is 1.83. The largest absolute Gasteiger partial charge is 0.297 e. The minimum Gasteiger partial charge on any atom is -0.297 e. The van der Waals surface area contributed by atoms with Crippen LogP contribution >= 0.6 is 0 Å². The molecule has 1 atom stereocenters. The summed E-state index contributed by atoms with van der Waals surface area (Å²) in [7, 11) is 0. The third-order valence-electron chi connectivity index (χ3n) is 4.12. The van der Waals surface area contributed by atoms with Gasteiger partial charge >= 0.3 is 0 Å². The van der Waals surface area contributed by atoms with E-state index >= 15 is 0 Å². The SMILES string of the molecule is CCN1C2CCC(CC2)C1C(C)C. The Morgan fingerprint density at radius 2 is 1.77 bits per heavy atom. The second kappa shape index (κ2) is 3.61. The van der Waals surface area contributed by atoms with Crippen molar-refractivity contribution in [2.75, 3.05) is 6.54 Å². The third kappa shape index (κ3) is 1.52. The molecule has 0 spiro atoms. The van der Waals surface area contributed by atoms with Crippen LogP contribution in [-0.4, -0.2) is 23.5 Å². The van der Waals surface area contributed by atoms with Crippen LogP contribution in [0.2, 0.25) is 0 Å². The highest BCUT2D eigenvalue weighted by Crippen LogP contribution is 2.41. The van der Waals surface area contributed by atoms with Crippen LogP contribution in [0.5, 0.6) is 0 Å². The monoisotopic (exact) mass is 181 g/mol. The maximum Gasteiger partial charge on any atom is 0.0149 e. The normalized spacial score (nSPS) is 40.2. The molecule has 3 aliphatic rings. The predicted molar refractivity (Wildman–Crippen MR) is 56.8 cm³/mol. The summed E-state index contributed by atoms with van der Waals surface area (Å²) < 4.78 is 0. The lowest BCUT2D eigenvalue weighted by atomic mass is 9.71. The summed E-state index contributed by atoms with van der Waals surface area (Å²) in [6.45, 7) is 8.39. The Balaban J connectivity index is 2.14. The summed E-state index contributed by atoms with van der Waals surface area (Å²) in [5.41, 5.74) is 0. The zero-order chi connectivity index (χ0) is 9.42. The van der Waals surface area contributed by atoms with Crippen molar-refractivity contribution in [3.8, 4) is 0 Å². The Morgan fingerprint density at radius 3 is 2.15 bits per heavy atom. The highest BCUT2D eigenvalue weighted by Gasteiger charge is 2.41. The van der Waals surface area contributed by atoms with E-state index in [0.29, 0.717) is 0 Å². The molecule has 2 bridgehead atoms. The minimum atomic E-state index is 0.855. The lowest BCUT2D eigenvalue weighted by Gasteiger charge is -2.53. The van der Waals surface area contributed by atoms with Crippen LogP contribution in [-0.2, 0) is 0 Å². The standard InChI is InChI=1S/C12H23N/c1-4-13-11-7-5-10(6-8-11)12(13)9(2)3/h9-12H,4-8H2,1-3H3. The van der Waals surface area contributed by atoms with Crippen molar-refractivity contribution in [2.45, 2.75) is 58.5 Å². The quantitative estimate of drug-likeness (QED) is 0.633. The molecule has 1 aliphatic carbocycles. The molecule has 3 rings (SSSR count). The number of nitrogens with zero attached hydrogens (tertiary/aromatic N) is 1. The molecule has 0 aromatic carbocycles. The van der Waals surface area contributed by atoms with Gasteiger partial charge in [-0.05, 0) is 44.1 Å². The number of fused-ring (bicyclic) bond motifs is 3. The number of piperidine rings is 2. The molecule has 0 amide bonds. The van der Waals surface area contributed by atoms with Crippen molar-refractivity contribution in [2.24, 2.45) is 11.8 Å². The van der Waals surface area contributed by atoms with E-state index in [9.17, 15) is 0 Å². The van der Waals surface area contributed by atoms with E-state index in [1.54, 1.807) is 0 Å². The molecular weight excluding hydrogens is 158 g/mol. The second-order valence-corrected chi connectivity index (χ2v) is 5.13. The average Bonchev–Trinajstić information content (AvgIpc) is 2.17. The van der Waals surface area contributed by atoms with Gasteiger partial charge < -0.3 is 0 Å². The predicted octanol–water partition coefficient (Wildman–Crippen LogP) is 2.91. The number of hydrogen-bond acceptors (Lipinski definition) is 1. The Morgan fingerprint density at radius 1 is 1.15 bits per heavy atom. The lowest BCUT2D eigenvalue weighted by molar-refractivity contribution is -0.0300. The average molecular weight is 181 g/mol. The number of rotatable bonds is 2. The van der Waals surface area contributed by atoms with Crippen LogP contribution in [0, 0.1) is 11.8 Å². The van der Waals surface area contributed by atoms with Gasteiger partial charge in [0.2, 0.25) is 0 Å². The van der Waals surface area contributed by atoms with Gasteiger partial charge in [0.1, 0.15) is 0 Å². The Hall–Kier alpha value is -0.0400. The molecular formula is C12H23N. The molecule has 0 aromatic rings. The molecule has 1 unspecified atom stereocenters. The summed E-state index contributed by atoms with van der Waals surface area (Å²) >= 11 is 0. The Kier molecular flexibility index (Phi) is 2.64. The van der Waals surface area contributed by atoms with Gasteiger partial charge in [0.15, 0.2) is 0 Å². The molecule has 2 aliphatic heterocycles. The summed E-state index contributed by atoms with van der Waals surface area (Å²) in [5.74, 6) is 1.87. The topological polar surface area (TPSA) is 3.24 Å². The lowest BCUT2D eigenvalue weighted by Crippen LogP contribution is -2.56. The summed E-state index contributed by atoms with van der Waals surface area (Å²) in [4.78, 5) is 2.78. The molecule has 2 heterocycles. The first kappa shape index (κ1) is 9.51. The van der Waals surface area contributed by atoms with Crippen molar-refractivity contribution in [1.29, 1.82) is 0 Å². The maximum absolute atomic E-state index is 2.78. The van der Waals surface area contributed by atoms with E-state index in [-0.39, 0.29) is 0 Å². The van der Waals surface area contributed by atoms with Gasteiger partial charge in [-0.2, -0.15) is 0 Å². The Bertz CT molecular complexity index is 168. The van der Waals surface area contributed by atoms with Crippen LogP contribution in [0.3, 0.4) is 0 Å². The molecule has 1 nitrogen and oxygen atoms in total. The van der Waals surface area contributed by atoms with Gasteiger partial charge in [0.25, 0.3) is 0 Å². The van der Waals surface area contributed by atoms with Crippen molar-refractivity contribution >= 4 is 0 Å². The molecule has 0 aromatic heterocycles. The van der Waals surface area contributed by atoms with Crippen molar-refractivity contribution in [3.63, 3.8) is 0 Å². The molecule has 1 heteroatoms. The van der Waals surface area contributed by atoms with Crippen molar-refractivity contribution in [1.82, 2.24) is 4.90 Å². The fourth-order valence-corrected chi connectivity index (χ4v) is 3.69.